The van der Waals surface area contributed by atoms with Crippen LogP contribution in [0.2, 0.25) is 0 Å². The number of hydrogen-bond acceptors (Lipinski definition) is 3. The zero-order valence-corrected chi connectivity index (χ0v) is 11.6. The van der Waals surface area contributed by atoms with E-state index in [0.717, 1.165) is 12.0 Å². The Kier molecular flexibility index (Phi) is 7.49. The second-order valence-electron chi connectivity index (χ2n) is 2.62. The third-order valence-corrected chi connectivity index (χ3v) is 1.70. The molecule has 0 fully saturated rings. The largest absolute Gasteiger partial charge is 1.00 e. The molecule has 3 nitrogen and oxygen atoms in total. The first-order chi connectivity index (χ1) is 6.24. The second-order valence-corrected chi connectivity index (χ2v) is 2.62. The van der Waals surface area contributed by atoms with Gasteiger partial charge in [0.2, 0.25) is 0 Å². The number of rotatable bonds is 4. The number of carboxylic acid groups (broad SMARTS) is 1. The van der Waals surface area contributed by atoms with Crippen LogP contribution in [0.5, 0.6) is 5.75 Å². The first kappa shape index (κ1) is 14.1. The van der Waals surface area contributed by atoms with Gasteiger partial charge in [-0.2, -0.15) is 0 Å². The summed E-state index contributed by atoms with van der Waals surface area (Å²) in [5.41, 5.74) is 1.00. The van der Waals surface area contributed by atoms with Crippen molar-refractivity contribution in [3.8, 4) is 5.75 Å². The third-order valence-electron chi connectivity index (χ3n) is 1.70. The monoisotopic (exact) mass is 218 g/mol. The molecule has 0 aliphatic rings. The van der Waals surface area contributed by atoms with Gasteiger partial charge in [-0.3, -0.25) is 0 Å². The fraction of sp³-hybridized carbons (Fsp3) is 0.300. The normalized spacial score (nSPS) is 8.93. The Morgan fingerprint density at radius 2 is 2.07 bits per heavy atom. The van der Waals surface area contributed by atoms with Crippen LogP contribution >= 0.6 is 0 Å². The number of para-hydroxylation sites is 1. The molecule has 0 radical (unpaired) electrons. The van der Waals surface area contributed by atoms with Crippen molar-refractivity contribution in [1.29, 1.82) is 0 Å². The fourth-order valence-electron chi connectivity index (χ4n) is 1.07. The van der Waals surface area contributed by atoms with Crippen molar-refractivity contribution < 1.29 is 66.0 Å². The molecule has 70 valence electrons. The van der Waals surface area contributed by atoms with Crippen molar-refractivity contribution in [1.82, 2.24) is 0 Å². The maximum Gasteiger partial charge on any atom is 1.00 e. The SMILES string of the molecule is CCc1ccccc1OCC(=O)[O-].[K+]. The van der Waals surface area contributed by atoms with E-state index in [9.17, 15) is 9.90 Å². The molecule has 1 aromatic carbocycles. The summed E-state index contributed by atoms with van der Waals surface area (Å²) in [5, 5.41) is 10.1. The summed E-state index contributed by atoms with van der Waals surface area (Å²) < 4.78 is 5.03. The molecule has 0 bridgehead atoms. The molecule has 0 aliphatic heterocycles. The minimum absolute atomic E-state index is 0. The molecule has 0 aliphatic carbocycles. The molecule has 0 aromatic heterocycles. The minimum atomic E-state index is -1.20. The molecular formula is C10H11KO3. The summed E-state index contributed by atoms with van der Waals surface area (Å²) >= 11 is 0. The summed E-state index contributed by atoms with van der Waals surface area (Å²) in [6.07, 6.45) is 0.823. The summed E-state index contributed by atoms with van der Waals surface area (Å²) in [7, 11) is 0. The van der Waals surface area contributed by atoms with Gasteiger partial charge in [-0.1, -0.05) is 25.1 Å². The Labute approximate surface area is 126 Å². The fourth-order valence-corrected chi connectivity index (χ4v) is 1.07. The Bertz CT molecular complexity index is 299. The van der Waals surface area contributed by atoms with Crippen LogP contribution in [0.1, 0.15) is 12.5 Å². The van der Waals surface area contributed by atoms with E-state index in [1.54, 1.807) is 6.07 Å². The van der Waals surface area contributed by atoms with Crippen LogP contribution in [0.3, 0.4) is 0 Å². The first-order valence-corrected chi connectivity index (χ1v) is 4.14. The van der Waals surface area contributed by atoms with E-state index in [4.69, 9.17) is 4.74 Å². The molecule has 0 atom stereocenters. The van der Waals surface area contributed by atoms with E-state index in [-0.39, 0.29) is 51.4 Å². The second kappa shape index (κ2) is 7.42. The van der Waals surface area contributed by atoms with Gasteiger partial charge < -0.3 is 14.6 Å². The molecule has 4 heteroatoms. The van der Waals surface area contributed by atoms with Crippen LogP contribution in [0.4, 0.5) is 0 Å². The van der Waals surface area contributed by atoms with E-state index in [1.807, 2.05) is 25.1 Å². The molecule has 0 amide bonds. The summed E-state index contributed by atoms with van der Waals surface area (Å²) in [4.78, 5) is 10.1. The van der Waals surface area contributed by atoms with Crippen LogP contribution in [0.25, 0.3) is 0 Å². The zero-order chi connectivity index (χ0) is 9.68. The maximum absolute atomic E-state index is 10.1. The molecule has 1 rings (SSSR count). The number of carbonyl (C=O) groups excluding carboxylic acids is 1. The van der Waals surface area contributed by atoms with Gasteiger partial charge in [-0.05, 0) is 18.1 Å². The number of hydrogen-bond donors (Lipinski definition) is 0. The predicted octanol–water partition coefficient (Wildman–Crippen LogP) is -2.62. The Morgan fingerprint density at radius 3 is 2.64 bits per heavy atom. The van der Waals surface area contributed by atoms with E-state index in [0.29, 0.717) is 5.75 Å². The zero-order valence-electron chi connectivity index (χ0n) is 8.45. The number of carbonyl (C=O) groups is 1. The van der Waals surface area contributed by atoms with Crippen molar-refractivity contribution in [3.63, 3.8) is 0 Å². The van der Waals surface area contributed by atoms with Crippen LogP contribution in [0, 0.1) is 0 Å². The topological polar surface area (TPSA) is 49.4 Å². The van der Waals surface area contributed by atoms with E-state index < -0.39 is 12.6 Å². The van der Waals surface area contributed by atoms with Gasteiger partial charge in [0.1, 0.15) is 12.4 Å². The molecule has 0 saturated heterocycles. The average molecular weight is 218 g/mol. The van der Waals surface area contributed by atoms with Crippen molar-refractivity contribution in [3.05, 3.63) is 29.8 Å². The maximum atomic E-state index is 10.1. The van der Waals surface area contributed by atoms with Crippen molar-refractivity contribution >= 4 is 5.97 Å². The molecular weight excluding hydrogens is 207 g/mol. The van der Waals surface area contributed by atoms with Crippen molar-refractivity contribution in [2.75, 3.05) is 6.61 Å². The summed E-state index contributed by atoms with van der Waals surface area (Å²) in [6.45, 7) is 1.60. The van der Waals surface area contributed by atoms with E-state index in [2.05, 4.69) is 0 Å². The Hall–Kier alpha value is 0.126. The number of carboxylic acids is 1. The van der Waals surface area contributed by atoms with Gasteiger partial charge in [-0.25, -0.2) is 0 Å². The van der Waals surface area contributed by atoms with Crippen LogP contribution in [-0.2, 0) is 11.2 Å². The number of aryl methyl sites for hydroxylation is 1. The quantitative estimate of drug-likeness (QED) is 0.520. The van der Waals surface area contributed by atoms with Gasteiger partial charge in [-0.15, -0.1) is 0 Å². The molecule has 0 unspecified atom stereocenters. The first-order valence-electron chi connectivity index (χ1n) is 4.14. The van der Waals surface area contributed by atoms with Gasteiger partial charge in [0.05, 0.1) is 5.97 Å². The predicted molar refractivity (Wildman–Crippen MR) is 46.3 cm³/mol. The Balaban J connectivity index is 0.00000169. The molecule has 1 aromatic rings. The summed E-state index contributed by atoms with van der Waals surface area (Å²) in [5.74, 6) is -0.583. The standard InChI is InChI=1S/C10H12O3.K/c1-2-8-5-3-4-6-9(8)13-7-10(11)12;/h3-6H,2,7H2,1H3,(H,11,12);/q;+1/p-1. The van der Waals surface area contributed by atoms with Crippen LogP contribution < -0.4 is 61.2 Å². The van der Waals surface area contributed by atoms with Gasteiger partial charge in [0.25, 0.3) is 0 Å². The number of ether oxygens (including phenoxy) is 1. The molecule has 0 saturated carbocycles. The molecule has 14 heavy (non-hydrogen) atoms. The Morgan fingerprint density at radius 1 is 1.43 bits per heavy atom. The van der Waals surface area contributed by atoms with Gasteiger partial charge >= 0.3 is 51.4 Å². The number of benzene rings is 1. The van der Waals surface area contributed by atoms with Crippen LogP contribution in [-0.4, -0.2) is 12.6 Å². The summed E-state index contributed by atoms with van der Waals surface area (Å²) in [6, 6.07) is 7.36. The van der Waals surface area contributed by atoms with E-state index >= 15 is 0 Å². The van der Waals surface area contributed by atoms with Crippen LogP contribution in [0.15, 0.2) is 24.3 Å². The van der Waals surface area contributed by atoms with E-state index in [1.165, 1.54) is 0 Å². The van der Waals surface area contributed by atoms with Gasteiger partial charge in [0, 0.05) is 0 Å². The van der Waals surface area contributed by atoms with Crippen molar-refractivity contribution in [2.45, 2.75) is 13.3 Å². The number of aliphatic carboxylic acids is 1. The molecule has 0 heterocycles. The van der Waals surface area contributed by atoms with Crippen molar-refractivity contribution in [2.24, 2.45) is 0 Å². The smallest absolute Gasteiger partial charge is 0.546 e. The molecule has 0 N–H and O–H groups in total. The van der Waals surface area contributed by atoms with Gasteiger partial charge in [0.15, 0.2) is 0 Å². The minimum Gasteiger partial charge on any atom is -0.546 e. The molecule has 0 spiro atoms. The average Bonchev–Trinajstić information content (AvgIpc) is 2.15. The third kappa shape index (κ3) is 4.57.